The Bertz CT molecular complexity index is 535. The van der Waals surface area contributed by atoms with E-state index in [-0.39, 0.29) is 5.75 Å². The number of rotatable bonds is 2. The maximum absolute atomic E-state index is 12.5. The minimum Gasteiger partial charge on any atom is -0.457 e. The number of ether oxygens (including phenoxy) is 1. The van der Waals surface area contributed by atoms with E-state index in [0.717, 1.165) is 16.6 Å². The average molecular weight is 317 g/mol. The van der Waals surface area contributed by atoms with Gasteiger partial charge in [0.05, 0.1) is 5.56 Å². The Balaban J connectivity index is 2.22. The van der Waals surface area contributed by atoms with Crippen LogP contribution in [0, 0.1) is 0 Å². The van der Waals surface area contributed by atoms with Crippen molar-refractivity contribution < 1.29 is 17.9 Å². The van der Waals surface area contributed by atoms with Gasteiger partial charge >= 0.3 is 6.18 Å². The molecule has 2 aromatic carbocycles. The molecule has 0 fully saturated rings. The lowest BCUT2D eigenvalue weighted by atomic mass is 10.2. The fraction of sp³-hybridized carbons (Fsp3) is 0.0769. The van der Waals surface area contributed by atoms with Gasteiger partial charge in [-0.15, -0.1) is 0 Å². The van der Waals surface area contributed by atoms with Crippen LogP contribution in [-0.4, -0.2) is 0 Å². The van der Waals surface area contributed by atoms with Gasteiger partial charge in [0.2, 0.25) is 0 Å². The molecule has 0 heterocycles. The third kappa shape index (κ3) is 3.26. The van der Waals surface area contributed by atoms with E-state index >= 15 is 0 Å². The SMILES string of the molecule is FC(F)(F)c1cccc(Oc2ccc(Br)cc2)c1. The number of halogens is 4. The first-order chi connectivity index (χ1) is 8.45. The molecule has 2 rings (SSSR count). The molecule has 2 aromatic rings. The van der Waals surface area contributed by atoms with Crippen LogP contribution in [0.15, 0.2) is 53.0 Å². The second-order valence-corrected chi connectivity index (χ2v) is 4.50. The first-order valence-corrected chi connectivity index (χ1v) is 5.85. The Morgan fingerprint density at radius 3 is 2.17 bits per heavy atom. The zero-order valence-corrected chi connectivity index (χ0v) is 10.6. The van der Waals surface area contributed by atoms with Crippen LogP contribution >= 0.6 is 15.9 Å². The highest BCUT2D eigenvalue weighted by atomic mass is 79.9. The zero-order chi connectivity index (χ0) is 13.2. The summed E-state index contributed by atoms with van der Waals surface area (Å²) in [6, 6.07) is 11.6. The lowest BCUT2D eigenvalue weighted by Crippen LogP contribution is -2.04. The van der Waals surface area contributed by atoms with Gasteiger partial charge in [-0.25, -0.2) is 0 Å². The number of hydrogen-bond acceptors (Lipinski definition) is 1. The monoisotopic (exact) mass is 316 g/mol. The predicted octanol–water partition coefficient (Wildman–Crippen LogP) is 5.26. The third-order valence-corrected chi connectivity index (χ3v) is 2.74. The van der Waals surface area contributed by atoms with Crippen LogP contribution < -0.4 is 4.74 Å². The summed E-state index contributed by atoms with van der Waals surface area (Å²) < 4.78 is 43.7. The van der Waals surface area contributed by atoms with Crippen LogP contribution in [0.5, 0.6) is 11.5 Å². The van der Waals surface area contributed by atoms with Gasteiger partial charge in [-0.1, -0.05) is 22.0 Å². The summed E-state index contributed by atoms with van der Waals surface area (Å²) in [7, 11) is 0. The van der Waals surface area contributed by atoms with E-state index in [9.17, 15) is 13.2 Å². The molecule has 0 aromatic heterocycles. The molecule has 0 bridgehead atoms. The zero-order valence-electron chi connectivity index (χ0n) is 9.04. The molecule has 0 saturated carbocycles. The standard InChI is InChI=1S/C13H8BrF3O/c14-10-4-6-11(7-5-10)18-12-3-1-2-9(8-12)13(15,16)17/h1-8H. The molecule has 0 unspecified atom stereocenters. The summed E-state index contributed by atoms with van der Waals surface area (Å²) in [5.41, 5.74) is -0.725. The highest BCUT2D eigenvalue weighted by Crippen LogP contribution is 2.32. The summed E-state index contributed by atoms with van der Waals surface area (Å²) in [4.78, 5) is 0. The van der Waals surface area contributed by atoms with Crippen molar-refractivity contribution in [3.63, 3.8) is 0 Å². The molecule has 0 aliphatic carbocycles. The first kappa shape index (κ1) is 13.0. The predicted molar refractivity (Wildman–Crippen MR) is 65.7 cm³/mol. The van der Waals surface area contributed by atoms with E-state index in [1.165, 1.54) is 12.1 Å². The van der Waals surface area contributed by atoms with Crippen LogP contribution in [0.2, 0.25) is 0 Å². The second-order valence-electron chi connectivity index (χ2n) is 3.58. The molecule has 0 atom stereocenters. The van der Waals surface area contributed by atoms with Crippen molar-refractivity contribution in [1.82, 2.24) is 0 Å². The van der Waals surface area contributed by atoms with E-state index < -0.39 is 11.7 Å². The molecule has 0 saturated heterocycles. The van der Waals surface area contributed by atoms with E-state index in [2.05, 4.69) is 15.9 Å². The highest BCUT2D eigenvalue weighted by molar-refractivity contribution is 9.10. The van der Waals surface area contributed by atoms with Crippen LogP contribution in [-0.2, 0) is 6.18 Å². The van der Waals surface area contributed by atoms with Crippen LogP contribution in [0.3, 0.4) is 0 Å². The molecule has 0 spiro atoms. The minimum atomic E-state index is -4.36. The van der Waals surface area contributed by atoms with Gasteiger partial charge in [-0.05, 0) is 42.5 Å². The van der Waals surface area contributed by atoms with Crippen molar-refractivity contribution in [2.24, 2.45) is 0 Å². The lowest BCUT2D eigenvalue weighted by molar-refractivity contribution is -0.137. The number of benzene rings is 2. The Kier molecular flexibility index (Phi) is 3.61. The van der Waals surface area contributed by atoms with Crippen molar-refractivity contribution in [3.05, 3.63) is 58.6 Å². The van der Waals surface area contributed by atoms with Gasteiger partial charge in [0.25, 0.3) is 0 Å². The molecular weight excluding hydrogens is 309 g/mol. The maximum Gasteiger partial charge on any atom is 0.416 e. The summed E-state index contributed by atoms with van der Waals surface area (Å²) in [6.45, 7) is 0. The Hall–Kier alpha value is -1.49. The van der Waals surface area contributed by atoms with Crippen molar-refractivity contribution in [3.8, 4) is 11.5 Å². The van der Waals surface area contributed by atoms with E-state index in [1.54, 1.807) is 24.3 Å². The first-order valence-electron chi connectivity index (χ1n) is 5.06. The topological polar surface area (TPSA) is 9.23 Å². The molecule has 0 amide bonds. The lowest BCUT2D eigenvalue weighted by Gasteiger charge is -2.09. The van der Waals surface area contributed by atoms with Crippen molar-refractivity contribution in [1.29, 1.82) is 0 Å². The van der Waals surface area contributed by atoms with Gasteiger partial charge in [-0.3, -0.25) is 0 Å². The highest BCUT2D eigenvalue weighted by Gasteiger charge is 2.30. The van der Waals surface area contributed by atoms with Crippen LogP contribution in [0.1, 0.15) is 5.56 Å². The molecule has 0 aliphatic heterocycles. The quantitative estimate of drug-likeness (QED) is 0.734. The Morgan fingerprint density at radius 2 is 1.56 bits per heavy atom. The maximum atomic E-state index is 12.5. The molecule has 0 N–H and O–H groups in total. The van der Waals surface area contributed by atoms with Gasteiger partial charge in [0.1, 0.15) is 11.5 Å². The van der Waals surface area contributed by atoms with Gasteiger partial charge in [-0.2, -0.15) is 13.2 Å². The summed E-state index contributed by atoms with van der Waals surface area (Å²) in [6.07, 6.45) is -4.36. The van der Waals surface area contributed by atoms with E-state index in [0.29, 0.717) is 5.75 Å². The van der Waals surface area contributed by atoms with Crippen LogP contribution in [0.4, 0.5) is 13.2 Å². The molecule has 0 aliphatic rings. The summed E-state index contributed by atoms with van der Waals surface area (Å²) in [5.74, 6) is 0.643. The Morgan fingerprint density at radius 1 is 0.889 bits per heavy atom. The normalized spacial score (nSPS) is 11.3. The van der Waals surface area contributed by atoms with Crippen LogP contribution in [0.25, 0.3) is 0 Å². The minimum absolute atomic E-state index is 0.159. The number of alkyl halides is 3. The Labute approximate surface area is 110 Å². The molecular formula is C13H8BrF3O. The van der Waals surface area contributed by atoms with E-state index in [4.69, 9.17) is 4.74 Å². The molecule has 5 heteroatoms. The van der Waals surface area contributed by atoms with Crippen molar-refractivity contribution in [2.75, 3.05) is 0 Å². The average Bonchev–Trinajstić information content (AvgIpc) is 2.31. The molecule has 0 radical (unpaired) electrons. The third-order valence-electron chi connectivity index (χ3n) is 2.21. The molecule has 94 valence electrons. The van der Waals surface area contributed by atoms with Crippen molar-refractivity contribution >= 4 is 15.9 Å². The fourth-order valence-electron chi connectivity index (χ4n) is 1.37. The summed E-state index contributed by atoms with van der Waals surface area (Å²) in [5, 5.41) is 0. The summed E-state index contributed by atoms with van der Waals surface area (Å²) >= 11 is 3.26. The largest absolute Gasteiger partial charge is 0.457 e. The number of hydrogen-bond donors (Lipinski definition) is 0. The molecule has 1 nitrogen and oxygen atoms in total. The smallest absolute Gasteiger partial charge is 0.416 e. The second kappa shape index (κ2) is 5.02. The molecule has 18 heavy (non-hydrogen) atoms. The van der Waals surface area contributed by atoms with Gasteiger partial charge in [0.15, 0.2) is 0 Å². The fourth-order valence-corrected chi connectivity index (χ4v) is 1.64. The van der Waals surface area contributed by atoms with Gasteiger partial charge < -0.3 is 4.74 Å². The van der Waals surface area contributed by atoms with Gasteiger partial charge in [0, 0.05) is 4.47 Å². The van der Waals surface area contributed by atoms with E-state index in [1.807, 2.05) is 0 Å². The van der Waals surface area contributed by atoms with Crippen molar-refractivity contribution in [2.45, 2.75) is 6.18 Å².